The Morgan fingerprint density at radius 3 is 1.30 bits per heavy atom. The maximum atomic E-state index is 13.0. The summed E-state index contributed by atoms with van der Waals surface area (Å²) in [6, 6.07) is -0.851. The molecule has 0 aromatic carbocycles. The van der Waals surface area contributed by atoms with E-state index in [1.165, 1.54) is 148 Å². The molecule has 0 saturated carbocycles. The van der Waals surface area contributed by atoms with Gasteiger partial charge in [0.25, 0.3) is 0 Å². The number of amides is 1. The van der Waals surface area contributed by atoms with E-state index >= 15 is 0 Å². The fraction of sp³-hybridized carbons (Fsp3) is 0.750. The number of hydrogen-bond donors (Lipinski definition) is 6. The number of nitrogens with one attached hydrogen (secondary N) is 1. The maximum Gasteiger partial charge on any atom is 0.220 e. The van der Waals surface area contributed by atoms with E-state index in [2.05, 4.69) is 79.9 Å². The van der Waals surface area contributed by atoms with Gasteiger partial charge in [0.05, 0.1) is 25.4 Å². The molecule has 1 fully saturated rings. The highest BCUT2D eigenvalue weighted by Gasteiger charge is 2.44. The first-order chi connectivity index (χ1) is 33.8. The Balaban J connectivity index is 2.28. The number of ether oxygens (including phenoxy) is 2. The Morgan fingerprint density at radius 2 is 0.899 bits per heavy atom. The summed E-state index contributed by atoms with van der Waals surface area (Å²) in [7, 11) is 0. The Morgan fingerprint density at radius 1 is 0.507 bits per heavy atom. The van der Waals surface area contributed by atoms with Crippen LogP contribution in [0.4, 0.5) is 0 Å². The second kappa shape index (κ2) is 49.0. The first-order valence-electron chi connectivity index (χ1n) is 28.3. The lowest BCUT2D eigenvalue weighted by Crippen LogP contribution is -2.60. The number of carbonyl (C=O) groups excluding carboxylic acids is 1. The van der Waals surface area contributed by atoms with E-state index in [0.717, 1.165) is 57.8 Å². The van der Waals surface area contributed by atoms with Crippen molar-refractivity contribution in [3.05, 3.63) is 85.1 Å². The summed E-state index contributed by atoms with van der Waals surface area (Å²) in [5.41, 5.74) is 0. The number of rotatable bonds is 47. The van der Waals surface area contributed by atoms with Gasteiger partial charge >= 0.3 is 0 Å². The monoisotopic (exact) mass is 968 g/mol. The zero-order valence-corrected chi connectivity index (χ0v) is 44.0. The Kier molecular flexibility index (Phi) is 45.7. The average Bonchev–Trinajstić information content (AvgIpc) is 3.35. The predicted octanol–water partition coefficient (Wildman–Crippen LogP) is 13.8. The van der Waals surface area contributed by atoms with E-state index < -0.39 is 49.5 Å². The number of unbranched alkanes of at least 4 members (excludes halogenated alkanes) is 25. The van der Waals surface area contributed by atoms with Crippen LogP contribution in [-0.2, 0) is 14.3 Å². The lowest BCUT2D eigenvalue weighted by atomic mass is 9.99. The molecule has 6 N–H and O–H groups in total. The van der Waals surface area contributed by atoms with Crippen LogP contribution in [0.2, 0.25) is 0 Å². The van der Waals surface area contributed by atoms with Crippen molar-refractivity contribution in [3.63, 3.8) is 0 Å². The van der Waals surface area contributed by atoms with Gasteiger partial charge in [-0.2, -0.15) is 0 Å². The van der Waals surface area contributed by atoms with Gasteiger partial charge in [0.1, 0.15) is 24.4 Å². The van der Waals surface area contributed by atoms with Gasteiger partial charge in [-0.3, -0.25) is 4.79 Å². The van der Waals surface area contributed by atoms with E-state index in [0.29, 0.717) is 6.42 Å². The molecule has 1 amide bonds. The van der Waals surface area contributed by atoms with Crippen molar-refractivity contribution < 1.29 is 39.8 Å². The van der Waals surface area contributed by atoms with Gasteiger partial charge in [0, 0.05) is 6.42 Å². The molecule has 1 aliphatic heterocycles. The summed E-state index contributed by atoms with van der Waals surface area (Å²) >= 11 is 0. The molecule has 1 saturated heterocycles. The van der Waals surface area contributed by atoms with Crippen molar-refractivity contribution in [2.75, 3.05) is 13.2 Å². The summed E-state index contributed by atoms with van der Waals surface area (Å²) in [6.07, 6.45) is 62.4. The number of carbonyl (C=O) groups is 1. The third-order valence-electron chi connectivity index (χ3n) is 13.0. The van der Waals surface area contributed by atoms with Gasteiger partial charge in [-0.25, -0.2) is 0 Å². The molecule has 0 aliphatic carbocycles. The minimum absolute atomic E-state index is 0.217. The average molecular weight is 968 g/mol. The van der Waals surface area contributed by atoms with E-state index in [4.69, 9.17) is 9.47 Å². The summed E-state index contributed by atoms with van der Waals surface area (Å²) in [4.78, 5) is 13.0. The summed E-state index contributed by atoms with van der Waals surface area (Å²) in [5.74, 6) is -0.260. The first kappa shape index (κ1) is 64.4. The lowest BCUT2D eigenvalue weighted by molar-refractivity contribution is -0.302. The topological polar surface area (TPSA) is 149 Å². The van der Waals surface area contributed by atoms with E-state index in [1.807, 2.05) is 18.2 Å². The third-order valence-corrected chi connectivity index (χ3v) is 13.0. The predicted molar refractivity (Wildman–Crippen MR) is 290 cm³/mol. The number of aliphatic hydroxyl groups is 5. The van der Waals surface area contributed by atoms with Crippen molar-refractivity contribution in [3.8, 4) is 0 Å². The van der Waals surface area contributed by atoms with E-state index in [1.54, 1.807) is 6.08 Å². The van der Waals surface area contributed by atoms with Crippen LogP contribution in [-0.4, -0.2) is 87.5 Å². The van der Waals surface area contributed by atoms with Crippen LogP contribution in [0.5, 0.6) is 0 Å². The normalized spacial score (nSPS) is 20.1. The molecule has 1 aliphatic rings. The van der Waals surface area contributed by atoms with Crippen LogP contribution in [0.15, 0.2) is 85.1 Å². The molecular weight excluding hydrogens is 863 g/mol. The molecular formula is C60H105NO8. The lowest BCUT2D eigenvalue weighted by Gasteiger charge is -2.40. The van der Waals surface area contributed by atoms with Gasteiger partial charge in [-0.05, 0) is 57.8 Å². The molecule has 9 nitrogen and oxygen atoms in total. The number of hydrogen-bond acceptors (Lipinski definition) is 8. The molecule has 7 unspecified atom stereocenters. The third kappa shape index (κ3) is 38.7. The number of aliphatic hydroxyl groups excluding tert-OH is 5. The Bertz CT molecular complexity index is 1350. The highest BCUT2D eigenvalue weighted by molar-refractivity contribution is 5.76. The summed E-state index contributed by atoms with van der Waals surface area (Å²) < 4.78 is 11.2. The Hall–Kier alpha value is -2.63. The van der Waals surface area contributed by atoms with E-state index in [-0.39, 0.29) is 18.9 Å². The summed E-state index contributed by atoms with van der Waals surface area (Å²) in [6.45, 7) is 3.63. The largest absolute Gasteiger partial charge is 0.394 e. The zero-order valence-electron chi connectivity index (χ0n) is 44.0. The van der Waals surface area contributed by atoms with Crippen LogP contribution in [0.25, 0.3) is 0 Å². The molecule has 398 valence electrons. The molecule has 9 heteroatoms. The Labute approximate surface area is 422 Å². The molecule has 0 spiro atoms. The minimum atomic E-state index is -1.58. The molecule has 0 radical (unpaired) electrons. The molecule has 0 aromatic heterocycles. The fourth-order valence-electron chi connectivity index (χ4n) is 8.53. The van der Waals surface area contributed by atoms with Gasteiger partial charge in [-0.1, -0.05) is 253 Å². The smallest absolute Gasteiger partial charge is 0.220 e. The number of allylic oxidation sites excluding steroid dienone is 13. The van der Waals surface area contributed by atoms with Crippen LogP contribution in [0.1, 0.15) is 232 Å². The van der Waals surface area contributed by atoms with Gasteiger partial charge < -0.3 is 40.3 Å². The van der Waals surface area contributed by atoms with Gasteiger partial charge in [0.15, 0.2) is 6.29 Å². The zero-order chi connectivity index (χ0) is 50.1. The molecule has 69 heavy (non-hydrogen) atoms. The fourth-order valence-corrected chi connectivity index (χ4v) is 8.53. The standard InChI is InChI=1S/C60H105NO8/c1-3-5-7-9-11-13-15-17-19-21-23-24-25-26-27-28-29-30-32-33-35-37-39-41-43-45-47-49-54(63)53(52-68-60-59(67)58(66)57(65)55(51-62)69-60)61-56(64)50-48-46-44-42-40-38-36-34-31-22-20-18-16-14-12-10-8-6-4-2/h6,8,12,14,18,20,31,34,38,40,44,46-47,49,53-55,57-60,62-63,65-67H,3-5,7,9-11,13,15-17,19,21-30,32-33,35-37,39,41-43,45,48,50-52H2,1-2H3,(H,61,64)/b8-6-,14-12-,20-18-,34-31-,40-38-,46-44-,49-47+. The van der Waals surface area contributed by atoms with E-state index in [9.17, 15) is 30.3 Å². The SMILES string of the molecule is CC/C=C\C/C=C\C/C=C\C/C=C\C/C=C\C/C=C\CCC(=O)NC(COC1OC(CO)C(O)C(O)C1O)C(O)/C=C/CCCCCCCCCCCCCCCCCCCCCCCCCCC. The van der Waals surface area contributed by atoms with Crippen molar-refractivity contribution in [2.45, 2.75) is 275 Å². The van der Waals surface area contributed by atoms with Gasteiger partial charge in [0.2, 0.25) is 5.91 Å². The highest BCUT2D eigenvalue weighted by atomic mass is 16.7. The quantitative estimate of drug-likeness (QED) is 0.0261. The second-order valence-electron chi connectivity index (χ2n) is 19.4. The maximum absolute atomic E-state index is 13.0. The second-order valence-corrected chi connectivity index (χ2v) is 19.4. The molecule has 7 atom stereocenters. The van der Waals surface area contributed by atoms with Crippen molar-refractivity contribution in [1.82, 2.24) is 5.32 Å². The highest BCUT2D eigenvalue weighted by Crippen LogP contribution is 2.23. The van der Waals surface area contributed by atoms with Crippen LogP contribution < -0.4 is 5.32 Å². The first-order valence-corrected chi connectivity index (χ1v) is 28.3. The minimum Gasteiger partial charge on any atom is -0.394 e. The van der Waals surface area contributed by atoms with Crippen molar-refractivity contribution in [1.29, 1.82) is 0 Å². The van der Waals surface area contributed by atoms with Crippen LogP contribution in [0, 0.1) is 0 Å². The molecule has 0 aromatic rings. The summed E-state index contributed by atoms with van der Waals surface area (Å²) in [5, 5.41) is 54.4. The van der Waals surface area contributed by atoms with Gasteiger partial charge in [-0.15, -0.1) is 0 Å². The molecule has 0 bridgehead atoms. The van der Waals surface area contributed by atoms with Crippen LogP contribution in [0.3, 0.4) is 0 Å². The van der Waals surface area contributed by atoms with Crippen LogP contribution >= 0.6 is 0 Å². The van der Waals surface area contributed by atoms with Crippen molar-refractivity contribution >= 4 is 5.91 Å². The van der Waals surface area contributed by atoms with Crippen molar-refractivity contribution in [2.24, 2.45) is 0 Å². The molecule has 1 rings (SSSR count). The molecule has 1 heterocycles.